The SMILES string of the molecule is CN(Cc1ccc(N)nc1)C1CCSC1. The van der Waals surface area contributed by atoms with Gasteiger partial charge in [0.1, 0.15) is 5.82 Å². The molecule has 0 saturated carbocycles. The molecule has 1 aromatic heterocycles. The Morgan fingerprint density at radius 2 is 2.47 bits per heavy atom. The highest BCUT2D eigenvalue weighted by molar-refractivity contribution is 7.99. The molecule has 0 spiro atoms. The molecule has 4 heteroatoms. The highest BCUT2D eigenvalue weighted by atomic mass is 32.2. The van der Waals surface area contributed by atoms with Crippen LogP contribution in [0.5, 0.6) is 0 Å². The molecule has 15 heavy (non-hydrogen) atoms. The van der Waals surface area contributed by atoms with E-state index in [2.05, 4.69) is 23.0 Å². The van der Waals surface area contributed by atoms with Crippen molar-refractivity contribution in [2.24, 2.45) is 0 Å². The van der Waals surface area contributed by atoms with E-state index in [-0.39, 0.29) is 0 Å². The van der Waals surface area contributed by atoms with Crippen LogP contribution in [0.25, 0.3) is 0 Å². The zero-order valence-corrected chi connectivity index (χ0v) is 9.83. The third-order valence-corrected chi connectivity index (χ3v) is 3.95. The number of rotatable bonds is 3. The maximum atomic E-state index is 5.55. The molecule has 0 amide bonds. The van der Waals surface area contributed by atoms with E-state index in [1.807, 2.05) is 24.0 Å². The number of pyridine rings is 1. The number of thioether (sulfide) groups is 1. The molecule has 1 fully saturated rings. The molecule has 2 heterocycles. The van der Waals surface area contributed by atoms with E-state index in [4.69, 9.17) is 5.73 Å². The first-order chi connectivity index (χ1) is 7.25. The number of hydrogen-bond acceptors (Lipinski definition) is 4. The summed E-state index contributed by atoms with van der Waals surface area (Å²) in [6.07, 6.45) is 3.18. The number of nitrogen functional groups attached to an aromatic ring is 1. The van der Waals surface area contributed by atoms with E-state index in [1.165, 1.54) is 23.5 Å². The Morgan fingerprint density at radius 1 is 1.60 bits per heavy atom. The van der Waals surface area contributed by atoms with Crippen molar-refractivity contribution in [1.29, 1.82) is 0 Å². The molecule has 0 aromatic carbocycles. The molecule has 1 aliphatic rings. The average Bonchev–Trinajstić information content (AvgIpc) is 2.74. The minimum Gasteiger partial charge on any atom is -0.384 e. The maximum Gasteiger partial charge on any atom is 0.123 e. The minimum absolute atomic E-state index is 0.595. The number of anilines is 1. The Labute approximate surface area is 95.1 Å². The summed E-state index contributed by atoms with van der Waals surface area (Å²) in [5.74, 6) is 3.16. The standard InChI is InChI=1S/C11H17N3S/c1-14(10-4-5-15-8-10)7-9-2-3-11(12)13-6-9/h2-3,6,10H,4-5,7-8H2,1H3,(H2,12,13). The Hall–Kier alpha value is -0.740. The van der Waals surface area contributed by atoms with E-state index in [1.54, 1.807) is 0 Å². The van der Waals surface area contributed by atoms with Crippen molar-refractivity contribution in [3.63, 3.8) is 0 Å². The highest BCUT2D eigenvalue weighted by Crippen LogP contribution is 2.22. The predicted molar refractivity (Wildman–Crippen MR) is 65.8 cm³/mol. The molecule has 1 saturated heterocycles. The van der Waals surface area contributed by atoms with Crippen LogP contribution in [0.1, 0.15) is 12.0 Å². The molecule has 0 bridgehead atoms. The van der Waals surface area contributed by atoms with Gasteiger partial charge in [-0.2, -0.15) is 11.8 Å². The Balaban J connectivity index is 1.92. The smallest absolute Gasteiger partial charge is 0.123 e. The monoisotopic (exact) mass is 223 g/mol. The number of hydrogen-bond donors (Lipinski definition) is 1. The first kappa shape index (κ1) is 10.8. The van der Waals surface area contributed by atoms with Crippen molar-refractivity contribution >= 4 is 17.6 Å². The van der Waals surface area contributed by atoms with E-state index >= 15 is 0 Å². The van der Waals surface area contributed by atoms with Crippen molar-refractivity contribution in [1.82, 2.24) is 9.88 Å². The summed E-state index contributed by atoms with van der Waals surface area (Å²) in [5, 5.41) is 0. The predicted octanol–water partition coefficient (Wildman–Crippen LogP) is 1.60. The summed E-state index contributed by atoms with van der Waals surface area (Å²) in [6.45, 7) is 0.971. The van der Waals surface area contributed by atoms with Crippen LogP contribution in [-0.4, -0.2) is 34.5 Å². The molecular weight excluding hydrogens is 206 g/mol. The summed E-state index contributed by atoms with van der Waals surface area (Å²) >= 11 is 2.05. The van der Waals surface area contributed by atoms with Crippen LogP contribution < -0.4 is 5.73 Å². The lowest BCUT2D eigenvalue weighted by atomic mass is 10.2. The summed E-state index contributed by atoms with van der Waals surface area (Å²) in [7, 11) is 2.19. The van der Waals surface area contributed by atoms with Crippen LogP contribution in [0.2, 0.25) is 0 Å². The zero-order valence-electron chi connectivity index (χ0n) is 9.02. The Bertz CT molecular complexity index is 306. The second-order valence-corrected chi connectivity index (χ2v) is 5.17. The molecule has 82 valence electrons. The van der Waals surface area contributed by atoms with Crippen LogP contribution in [0.4, 0.5) is 5.82 Å². The Morgan fingerprint density at radius 3 is 3.07 bits per heavy atom. The molecule has 0 aliphatic carbocycles. The fraction of sp³-hybridized carbons (Fsp3) is 0.545. The van der Waals surface area contributed by atoms with Gasteiger partial charge in [0.05, 0.1) is 0 Å². The van der Waals surface area contributed by atoms with Gasteiger partial charge in [0.25, 0.3) is 0 Å². The van der Waals surface area contributed by atoms with Crippen molar-refractivity contribution in [3.05, 3.63) is 23.9 Å². The van der Waals surface area contributed by atoms with Crippen LogP contribution in [0.15, 0.2) is 18.3 Å². The van der Waals surface area contributed by atoms with E-state index in [0.29, 0.717) is 5.82 Å². The van der Waals surface area contributed by atoms with Crippen LogP contribution in [0, 0.1) is 0 Å². The van der Waals surface area contributed by atoms with E-state index in [9.17, 15) is 0 Å². The van der Waals surface area contributed by atoms with Gasteiger partial charge in [0.15, 0.2) is 0 Å². The van der Waals surface area contributed by atoms with E-state index < -0.39 is 0 Å². The third kappa shape index (κ3) is 2.86. The molecule has 1 aliphatic heterocycles. The molecule has 1 aromatic rings. The van der Waals surface area contributed by atoms with Gasteiger partial charge in [-0.05, 0) is 30.9 Å². The number of aromatic nitrogens is 1. The minimum atomic E-state index is 0.595. The summed E-state index contributed by atoms with van der Waals surface area (Å²) in [6, 6.07) is 4.65. The van der Waals surface area contributed by atoms with Gasteiger partial charge in [-0.1, -0.05) is 6.07 Å². The summed E-state index contributed by atoms with van der Waals surface area (Å²) in [5.41, 5.74) is 6.79. The molecule has 3 nitrogen and oxygen atoms in total. The average molecular weight is 223 g/mol. The topological polar surface area (TPSA) is 42.1 Å². The lowest BCUT2D eigenvalue weighted by Crippen LogP contribution is -2.30. The quantitative estimate of drug-likeness (QED) is 0.845. The van der Waals surface area contributed by atoms with Crippen molar-refractivity contribution in [3.8, 4) is 0 Å². The van der Waals surface area contributed by atoms with Crippen LogP contribution in [0.3, 0.4) is 0 Å². The van der Waals surface area contributed by atoms with E-state index in [0.717, 1.165) is 12.6 Å². The Kier molecular flexibility index (Phi) is 3.49. The van der Waals surface area contributed by atoms with Gasteiger partial charge in [0.2, 0.25) is 0 Å². The van der Waals surface area contributed by atoms with Crippen molar-refractivity contribution < 1.29 is 0 Å². The van der Waals surface area contributed by atoms with Gasteiger partial charge < -0.3 is 5.73 Å². The lowest BCUT2D eigenvalue weighted by Gasteiger charge is -2.23. The molecule has 1 atom stereocenters. The highest BCUT2D eigenvalue weighted by Gasteiger charge is 2.19. The second-order valence-electron chi connectivity index (χ2n) is 4.02. The maximum absolute atomic E-state index is 5.55. The van der Waals surface area contributed by atoms with Gasteiger partial charge >= 0.3 is 0 Å². The van der Waals surface area contributed by atoms with Crippen molar-refractivity contribution in [2.75, 3.05) is 24.3 Å². The van der Waals surface area contributed by atoms with Gasteiger partial charge in [-0.3, -0.25) is 4.90 Å². The molecule has 0 radical (unpaired) electrons. The molecule has 2 rings (SSSR count). The number of nitrogens with two attached hydrogens (primary N) is 1. The molecule has 2 N–H and O–H groups in total. The van der Waals surface area contributed by atoms with Crippen LogP contribution >= 0.6 is 11.8 Å². The fourth-order valence-electron chi connectivity index (χ4n) is 1.82. The van der Waals surface area contributed by atoms with Gasteiger partial charge in [0, 0.05) is 24.5 Å². The molecule has 1 unspecified atom stereocenters. The first-order valence-corrected chi connectivity index (χ1v) is 6.39. The normalized spacial score (nSPS) is 21.1. The zero-order chi connectivity index (χ0) is 10.7. The molecular formula is C11H17N3S. The number of nitrogens with zero attached hydrogens (tertiary/aromatic N) is 2. The largest absolute Gasteiger partial charge is 0.384 e. The fourth-order valence-corrected chi connectivity index (χ4v) is 3.11. The summed E-state index contributed by atoms with van der Waals surface area (Å²) in [4.78, 5) is 6.51. The van der Waals surface area contributed by atoms with Crippen molar-refractivity contribution in [2.45, 2.75) is 19.0 Å². The lowest BCUT2D eigenvalue weighted by molar-refractivity contribution is 0.254. The second kappa shape index (κ2) is 4.86. The third-order valence-electron chi connectivity index (χ3n) is 2.81. The summed E-state index contributed by atoms with van der Waals surface area (Å²) < 4.78 is 0. The van der Waals surface area contributed by atoms with Gasteiger partial charge in [-0.25, -0.2) is 4.98 Å². The van der Waals surface area contributed by atoms with Gasteiger partial charge in [-0.15, -0.1) is 0 Å². The first-order valence-electron chi connectivity index (χ1n) is 5.24. The van der Waals surface area contributed by atoms with Crippen LogP contribution in [-0.2, 0) is 6.54 Å².